The summed E-state index contributed by atoms with van der Waals surface area (Å²) in [6.45, 7) is 2.75. The third kappa shape index (κ3) is 3.06. The van der Waals surface area contributed by atoms with Crippen LogP contribution in [-0.2, 0) is 4.74 Å². The molecule has 0 saturated heterocycles. The van der Waals surface area contributed by atoms with Crippen LogP contribution in [0.5, 0.6) is 0 Å². The second-order valence-electron chi connectivity index (χ2n) is 4.77. The molecule has 1 N–H and O–H groups in total. The lowest BCUT2D eigenvalue weighted by molar-refractivity contribution is 0.102. The molecule has 0 aliphatic carbocycles. The van der Waals surface area contributed by atoms with Crippen molar-refractivity contribution in [3.8, 4) is 0 Å². The lowest BCUT2D eigenvalue weighted by atomic mass is 9.98. The zero-order valence-electron chi connectivity index (χ0n) is 10.8. The second-order valence-corrected chi connectivity index (χ2v) is 4.77. The van der Waals surface area contributed by atoms with Crippen LogP contribution in [0.1, 0.15) is 25.0 Å². The molecule has 0 aliphatic rings. The van der Waals surface area contributed by atoms with Crippen LogP contribution in [0.15, 0.2) is 36.5 Å². The molecular formula is C15H19NO2. The van der Waals surface area contributed by atoms with E-state index in [4.69, 9.17) is 4.74 Å². The highest BCUT2D eigenvalue weighted by atomic mass is 16.5. The van der Waals surface area contributed by atoms with Crippen LogP contribution in [0.4, 0.5) is 0 Å². The molecule has 0 amide bonds. The highest BCUT2D eigenvalue weighted by Gasteiger charge is 2.12. The molecule has 2 aromatic rings. The van der Waals surface area contributed by atoms with Gasteiger partial charge in [0.1, 0.15) is 0 Å². The van der Waals surface area contributed by atoms with Gasteiger partial charge in [-0.05, 0) is 36.1 Å². The van der Waals surface area contributed by atoms with Gasteiger partial charge in [0.25, 0.3) is 0 Å². The number of benzene rings is 1. The zero-order valence-corrected chi connectivity index (χ0v) is 10.8. The number of aliphatic hydroxyl groups is 1. The fraction of sp³-hybridized carbons (Fsp3) is 0.400. The van der Waals surface area contributed by atoms with Gasteiger partial charge in [0.15, 0.2) is 0 Å². The van der Waals surface area contributed by atoms with Crippen LogP contribution in [-0.4, -0.2) is 23.8 Å². The Morgan fingerprint density at radius 1 is 1.33 bits per heavy atom. The van der Waals surface area contributed by atoms with Crippen molar-refractivity contribution in [1.29, 1.82) is 0 Å². The first-order valence-electron chi connectivity index (χ1n) is 6.22. The first-order chi connectivity index (χ1) is 8.70. The topological polar surface area (TPSA) is 42.4 Å². The molecule has 1 aromatic carbocycles. The summed E-state index contributed by atoms with van der Waals surface area (Å²) in [5.74, 6) is 0.342. The Kier molecular flexibility index (Phi) is 4.28. The average Bonchev–Trinajstić information content (AvgIpc) is 2.38. The molecule has 0 fully saturated rings. The van der Waals surface area contributed by atoms with Crippen molar-refractivity contribution in [3.05, 3.63) is 42.1 Å². The Morgan fingerprint density at radius 3 is 2.94 bits per heavy atom. The third-order valence-corrected chi connectivity index (χ3v) is 3.09. The average molecular weight is 245 g/mol. The molecule has 2 atom stereocenters. The van der Waals surface area contributed by atoms with Gasteiger partial charge in [-0.15, -0.1) is 0 Å². The number of ether oxygens (including phenoxy) is 1. The summed E-state index contributed by atoms with van der Waals surface area (Å²) in [5.41, 5.74) is 1.90. The number of fused-ring (bicyclic) bond motifs is 1. The molecule has 0 radical (unpaired) electrons. The molecule has 3 heteroatoms. The Hall–Kier alpha value is -1.45. The van der Waals surface area contributed by atoms with Crippen molar-refractivity contribution in [2.75, 3.05) is 13.7 Å². The predicted molar refractivity (Wildman–Crippen MR) is 72.4 cm³/mol. The first-order valence-corrected chi connectivity index (χ1v) is 6.22. The SMILES string of the molecule is COCC(C)CC(O)c1ccc2ncccc2c1. The van der Waals surface area contributed by atoms with Crippen LogP contribution in [0, 0.1) is 5.92 Å². The molecule has 2 rings (SSSR count). The summed E-state index contributed by atoms with van der Waals surface area (Å²) in [4.78, 5) is 4.27. The van der Waals surface area contributed by atoms with E-state index in [2.05, 4.69) is 11.9 Å². The summed E-state index contributed by atoms with van der Waals surface area (Å²) in [6, 6.07) is 9.82. The molecule has 0 saturated carbocycles. The van der Waals surface area contributed by atoms with E-state index >= 15 is 0 Å². The summed E-state index contributed by atoms with van der Waals surface area (Å²) >= 11 is 0. The minimum absolute atomic E-state index is 0.342. The highest BCUT2D eigenvalue weighted by Crippen LogP contribution is 2.24. The smallest absolute Gasteiger partial charge is 0.0793 e. The Labute approximate surface area is 107 Å². The number of aromatic nitrogens is 1. The van der Waals surface area contributed by atoms with Crippen LogP contribution >= 0.6 is 0 Å². The lowest BCUT2D eigenvalue weighted by Gasteiger charge is -2.16. The molecule has 0 aliphatic heterocycles. The van der Waals surface area contributed by atoms with Crippen LogP contribution in [0.2, 0.25) is 0 Å². The molecule has 2 unspecified atom stereocenters. The fourth-order valence-corrected chi connectivity index (χ4v) is 2.17. The number of hydrogen-bond acceptors (Lipinski definition) is 3. The van der Waals surface area contributed by atoms with E-state index in [-0.39, 0.29) is 0 Å². The van der Waals surface area contributed by atoms with Gasteiger partial charge in [-0.1, -0.05) is 19.1 Å². The summed E-state index contributed by atoms with van der Waals surface area (Å²) in [5, 5.41) is 11.3. The van der Waals surface area contributed by atoms with E-state index in [9.17, 15) is 5.11 Å². The van der Waals surface area contributed by atoms with Gasteiger partial charge in [0, 0.05) is 25.3 Å². The molecule has 3 nitrogen and oxygen atoms in total. The number of methoxy groups -OCH3 is 1. The van der Waals surface area contributed by atoms with Crippen LogP contribution in [0.3, 0.4) is 0 Å². The van der Waals surface area contributed by atoms with Gasteiger partial charge < -0.3 is 9.84 Å². The van der Waals surface area contributed by atoms with Crippen LogP contribution < -0.4 is 0 Å². The first kappa shape index (κ1) is 13.0. The maximum atomic E-state index is 10.2. The second kappa shape index (κ2) is 5.94. The Balaban J connectivity index is 2.15. The normalized spacial score (nSPS) is 14.6. The standard InChI is InChI=1S/C15H19NO2/c1-11(10-18-2)8-15(17)13-5-6-14-12(9-13)4-3-7-16-14/h3-7,9,11,15,17H,8,10H2,1-2H3. The van der Waals surface area contributed by atoms with Crippen molar-refractivity contribution in [2.45, 2.75) is 19.4 Å². The Morgan fingerprint density at radius 2 is 2.17 bits per heavy atom. The molecule has 1 heterocycles. The van der Waals surface area contributed by atoms with Gasteiger partial charge in [-0.3, -0.25) is 4.98 Å². The maximum Gasteiger partial charge on any atom is 0.0793 e. The monoisotopic (exact) mass is 245 g/mol. The van der Waals surface area contributed by atoms with Crippen LogP contribution in [0.25, 0.3) is 10.9 Å². The number of hydrogen-bond donors (Lipinski definition) is 1. The molecular weight excluding hydrogens is 226 g/mol. The van der Waals surface area contributed by atoms with Crippen molar-refractivity contribution in [2.24, 2.45) is 5.92 Å². The molecule has 18 heavy (non-hydrogen) atoms. The molecule has 96 valence electrons. The summed E-state index contributed by atoms with van der Waals surface area (Å²) in [7, 11) is 1.69. The van der Waals surface area contributed by atoms with E-state index in [1.54, 1.807) is 13.3 Å². The van der Waals surface area contributed by atoms with Gasteiger partial charge >= 0.3 is 0 Å². The zero-order chi connectivity index (χ0) is 13.0. The number of aliphatic hydroxyl groups excluding tert-OH is 1. The van der Waals surface area contributed by atoms with E-state index < -0.39 is 6.10 Å². The lowest BCUT2D eigenvalue weighted by Crippen LogP contribution is -2.09. The van der Waals surface area contributed by atoms with Crippen molar-refractivity contribution >= 4 is 10.9 Å². The quantitative estimate of drug-likeness (QED) is 0.880. The van der Waals surface area contributed by atoms with Gasteiger partial charge in [0.05, 0.1) is 11.6 Å². The molecule has 0 spiro atoms. The van der Waals surface area contributed by atoms with Crippen molar-refractivity contribution < 1.29 is 9.84 Å². The predicted octanol–water partition coefficient (Wildman–Crippen LogP) is 2.94. The van der Waals surface area contributed by atoms with Crippen molar-refractivity contribution in [3.63, 3.8) is 0 Å². The maximum absolute atomic E-state index is 10.2. The van der Waals surface area contributed by atoms with E-state index in [0.717, 1.165) is 16.5 Å². The van der Waals surface area contributed by atoms with Crippen molar-refractivity contribution in [1.82, 2.24) is 4.98 Å². The minimum atomic E-state index is -0.445. The largest absolute Gasteiger partial charge is 0.388 e. The van der Waals surface area contributed by atoms with E-state index in [1.165, 1.54) is 0 Å². The van der Waals surface area contributed by atoms with E-state index in [1.807, 2.05) is 30.3 Å². The third-order valence-electron chi connectivity index (χ3n) is 3.09. The molecule has 1 aromatic heterocycles. The Bertz CT molecular complexity index is 513. The summed E-state index contributed by atoms with van der Waals surface area (Å²) < 4.78 is 5.09. The number of nitrogens with zero attached hydrogens (tertiary/aromatic N) is 1. The fourth-order valence-electron chi connectivity index (χ4n) is 2.17. The van der Waals surface area contributed by atoms with Gasteiger partial charge in [-0.25, -0.2) is 0 Å². The van der Waals surface area contributed by atoms with Gasteiger partial charge in [-0.2, -0.15) is 0 Å². The van der Waals surface area contributed by atoms with E-state index in [0.29, 0.717) is 18.9 Å². The number of rotatable bonds is 5. The summed E-state index contributed by atoms with van der Waals surface area (Å²) in [6.07, 6.45) is 2.04. The van der Waals surface area contributed by atoms with Gasteiger partial charge in [0.2, 0.25) is 0 Å². The molecule has 0 bridgehead atoms. The minimum Gasteiger partial charge on any atom is -0.388 e. The number of pyridine rings is 1. The highest BCUT2D eigenvalue weighted by molar-refractivity contribution is 5.78.